The van der Waals surface area contributed by atoms with Crippen molar-refractivity contribution in [2.45, 2.75) is 6.54 Å². The normalized spacial score (nSPS) is 10.5. The highest BCUT2D eigenvalue weighted by molar-refractivity contribution is 5.94. The number of nitrogens with one attached hydrogen (secondary N) is 1. The summed E-state index contributed by atoms with van der Waals surface area (Å²) in [4.78, 5) is 16.5. The van der Waals surface area contributed by atoms with Crippen molar-refractivity contribution in [1.29, 1.82) is 0 Å². The van der Waals surface area contributed by atoms with Crippen molar-refractivity contribution in [3.05, 3.63) is 84.1 Å². The van der Waals surface area contributed by atoms with Gasteiger partial charge in [-0.2, -0.15) is 0 Å². The van der Waals surface area contributed by atoms with Gasteiger partial charge in [0.2, 0.25) is 17.7 Å². The van der Waals surface area contributed by atoms with Gasteiger partial charge in [0.05, 0.1) is 7.11 Å². The maximum absolute atomic E-state index is 12.4. The molecule has 0 aliphatic carbocycles. The molecular formula is C22H18N4O3. The summed E-state index contributed by atoms with van der Waals surface area (Å²) in [5, 5.41) is 11.0. The van der Waals surface area contributed by atoms with Gasteiger partial charge >= 0.3 is 0 Å². The van der Waals surface area contributed by atoms with E-state index in [1.54, 1.807) is 43.6 Å². The second kappa shape index (κ2) is 8.35. The smallest absolute Gasteiger partial charge is 0.251 e. The number of ether oxygens (including phenoxy) is 1. The van der Waals surface area contributed by atoms with E-state index in [1.807, 2.05) is 36.4 Å². The number of hydrogen-bond acceptors (Lipinski definition) is 6. The summed E-state index contributed by atoms with van der Waals surface area (Å²) in [6.07, 6.45) is 1.67. The number of amides is 1. The highest BCUT2D eigenvalue weighted by Crippen LogP contribution is 2.23. The quantitative estimate of drug-likeness (QED) is 0.543. The second-order valence-corrected chi connectivity index (χ2v) is 6.25. The van der Waals surface area contributed by atoms with Gasteiger partial charge in [0.25, 0.3) is 5.91 Å². The fourth-order valence-electron chi connectivity index (χ4n) is 2.72. The van der Waals surface area contributed by atoms with E-state index in [0.717, 1.165) is 16.7 Å². The molecule has 4 rings (SSSR count). The largest absolute Gasteiger partial charge is 0.481 e. The minimum Gasteiger partial charge on any atom is -0.481 e. The Kier molecular flexibility index (Phi) is 5.29. The Bertz CT molecular complexity index is 1090. The molecule has 2 aromatic carbocycles. The molecule has 1 N–H and O–H groups in total. The second-order valence-electron chi connectivity index (χ2n) is 6.25. The van der Waals surface area contributed by atoms with Crippen molar-refractivity contribution < 1.29 is 13.9 Å². The van der Waals surface area contributed by atoms with E-state index in [4.69, 9.17) is 9.15 Å². The van der Waals surface area contributed by atoms with Crippen molar-refractivity contribution >= 4 is 5.91 Å². The highest BCUT2D eigenvalue weighted by Gasteiger charge is 2.11. The van der Waals surface area contributed by atoms with E-state index in [-0.39, 0.29) is 5.91 Å². The van der Waals surface area contributed by atoms with Crippen LogP contribution in [0.15, 0.2) is 77.3 Å². The molecule has 0 atom stereocenters. The van der Waals surface area contributed by atoms with Crippen LogP contribution in [0.4, 0.5) is 0 Å². The number of rotatable bonds is 6. The molecule has 4 aromatic rings. The Morgan fingerprint density at radius 1 is 0.931 bits per heavy atom. The SMILES string of the molecule is COc1ccc(CNC(=O)c2ccc(-c3nnc(-c4ccccc4)o3)cc2)cn1. The summed E-state index contributed by atoms with van der Waals surface area (Å²) in [6, 6.07) is 20.2. The Morgan fingerprint density at radius 2 is 1.62 bits per heavy atom. The van der Waals surface area contributed by atoms with Crippen molar-refractivity contribution in [3.8, 4) is 28.8 Å². The summed E-state index contributed by atoms with van der Waals surface area (Å²) in [7, 11) is 1.56. The number of carbonyl (C=O) groups excluding carboxylic acids is 1. The fraction of sp³-hybridized carbons (Fsp3) is 0.0909. The third kappa shape index (κ3) is 4.30. The minimum absolute atomic E-state index is 0.178. The fourth-order valence-corrected chi connectivity index (χ4v) is 2.72. The number of nitrogens with zero attached hydrogens (tertiary/aromatic N) is 3. The van der Waals surface area contributed by atoms with E-state index in [0.29, 0.717) is 29.8 Å². The van der Waals surface area contributed by atoms with Gasteiger partial charge in [0.1, 0.15) is 0 Å². The first kappa shape index (κ1) is 18.4. The van der Waals surface area contributed by atoms with Gasteiger partial charge in [-0.1, -0.05) is 24.3 Å². The number of methoxy groups -OCH3 is 1. The predicted octanol–water partition coefficient (Wildman–Crippen LogP) is 3.74. The summed E-state index contributed by atoms with van der Waals surface area (Å²) in [6.45, 7) is 0.377. The van der Waals surface area contributed by atoms with Gasteiger partial charge in [-0.15, -0.1) is 10.2 Å². The maximum atomic E-state index is 12.4. The molecule has 2 heterocycles. The number of pyridine rings is 1. The monoisotopic (exact) mass is 386 g/mol. The first-order chi connectivity index (χ1) is 14.2. The molecule has 0 saturated heterocycles. The lowest BCUT2D eigenvalue weighted by Gasteiger charge is -2.06. The molecule has 2 aromatic heterocycles. The van der Waals surface area contributed by atoms with Crippen molar-refractivity contribution in [2.24, 2.45) is 0 Å². The molecule has 0 unspecified atom stereocenters. The van der Waals surface area contributed by atoms with Crippen LogP contribution in [0.3, 0.4) is 0 Å². The molecular weight excluding hydrogens is 368 g/mol. The summed E-state index contributed by atoms with van der Waals surface area (Å²) < 4.78 is 10.8. The molecule has 0 radical (unpaired) electrons. The van der Waals surface area contributed by atoms with E-state index in [2.05, 4.69) is 20.5 Å². The Hall–Kier alpha value is -4.00. The first-order valence-corrected chi connectivity index (χ1v) is 8.99. The zero-order valence-corrected chi connectivity index (χ0v) is 15.7. The lowest BCUT2D eigenvalue weighted by atomic mass is 10.1. The summed E-state index contributed by atoms with van der Waals surface area (Å²) in [5.74, 6) is 1.21. The lowest BCUT2D eigenvalue weighted by molar-refractivity contribution is 0.0951. The third-order valence-electron chi connectivity index (χ3n) is 4.30. The molecule has 7 heteroatoms. The molecule has 0 spiro atoms. The van der Waals surface area contributed by atoms with Gasteiger partial charge in [-0.25, -0.2) is 4.98 Å². The van der Waals surface area contributed by atoms with E-state index >= 15 is 0 Å². The number of aromatic nitrogens is 3. The highest BCUT2D eigenvalue weighted by atomic mass is 16.5. The van der Waals surface area contributed by atoms with Crippen molar-refractivity contribution in [1.82, 2.24) is 20.5 Å². The average Bonchev–Trinajstić information content (AvgIpc) is 3.29. The van der Waals surface area contributed by atoms with E-state index < -0.39 is 0 Å². The van der Waals surface area contributed by atoms with Crippen LogP contribution in [-0.2, 0) is 6.54 Å². The van der Waals surface area contributed by atoms with Crippen LogP contribution in [0.2, 0.25) is 0 Å². The van der Waals surface area contributed by atoms with Crippen LogP contribution < -0.4 is 10.1 Å². The Balaban J connectivity index is 1.41. The number of carbonyl (C=O) groups is 1. The van der Waals surface area contributed by atoms with Gasteiger partial charge in [-0.05, 0) is 42.0 Å². The molecule has 1 amide bonds. The van der Waals surface area contributed by atoms with Crippen LogP contribution in [0, 0.1) is 0 Å². The lowest BCUT2D eigenvalue weighted by Crippen LogP contribution is -2.22. The van der Waals surface area contributed by atoms with Gasteiger partial charge < -0.3 is 14.5 Å². The van der Waals surface area contributed by atoms with E-state index in [1.165, 1.54) is 0 Å². The minimum atomic E-state index is -0.178. The van der Waals surface area contributed by atoms with E-state index in [9.17, 15) is 4.79 Å². The molecule has 0 bridgehead atoms. The third-order valence-corrected chi connectivity index (χ3v) is 4.30. The zero-order valence-electron chi connectivity index (χ0n) is 15.7. The molecule has 29 heavy (non-hydrogen) atoms. The Labute approximate surface area is 167 Å². The number of hydrogen-bond donors (Lipinski definition) is 1. The topological polar surface area (TPSA) is 90.1 Å². The summed E-state index contributed by atoms with van der Waals surface area (Å²) in [5.41, 5.74) is 3.03. The van der Waals surface area contributed by atoms with Crippen LogP contribution in [0.25, 0.3) is 22.9 Å². The number of benzene rings is 2. The molecule has 0 fully saturated rings. The van der Waals surface area contributed by atoms with Gasteiger partial charge in [0.15, 0.2) is 0 Å². The standard InChI is InChI=1S/C22H18N4O3/c1-28-19-12-7-15(13-23-19)14-24-20(27)16-8-10-18(11-9-16)22-26-25-21(29-22)17-5-3-2-4-6-17/h2-13H,14H2,1H3,(H,24,27). The average molecular weight is 386 g/mol. The zero-order chi connectivity index (χ0) is 20.1. The van der Waals surface area contributed by atoms with Crippen LogP contribution in [0.1, 0.15) is 15.9 Å². The predicted molar refractivity (Wildman–Crippen MR) is 107 cm³/mol. The van der Waals surface area contributed by atoms with Crippen LogP contribution >= 0.6 is 0 Å². The molecule has 0 saturated carbocycles. The van der Waals surface area contributed by atoms with Gasteiger partial charge in [0, 0.05) is 35.5 Å². The van der Waals surface area contributed by atoms with Crippen molar-refractivity contribution in [3.63, 3.8) is 0 Å². The molecule has 7 nitrogen and oxygen atoms in total. The Morgan fingerprint density at radius 3 is 2.24 bits per heavy atom. The molecule has 0 aliphatic rings. The first-order valence-electron chi connectivity index (χ1n) is 8.99. The van der Waals surface area contributed by atoms with Crippen LogP contribution in [0.5, 0.6) is 5.88 Å². The summed E-state index contributed by atoms with van der Waals surface area (Å²) >= 11 is 0. The maximum Gasteiger partial charge on any atom is 0.251 e. The van der Waals surface area contributed by atoms with Gasteiger partial charge in [-0.3, -0.25) is 4.79 Å². The van der Waals surface area contributed by atoms with Crippen LogP contribution in [-0.4, -0.2) is 28.2 Å². The molecule has 144 valence electrons. The van der Waals surface area contributed by atoms with Crippen molar-refractivity contribution in [2.75, 3.05) is 7.11 Å². The molecule has 0 aliphatic heterocycles.